The molecule has 2 rings (SSSR count). The molecule has 0 bridgehead atoms. The molecule has 0 saturated carbocycles. The zero-order chi connectivity index (χ0) is 13.1. The fraction of sp³-hybridized carbons (Fsp3) is 0.273. The number of aromatic nitrogens is 4. The first-order valence-corrected chi connectivity index (χ1v) is 5.44. The van der Waals surface area contributed by atoms with Gasteiger partial charge in [-0.15, -0.1) is 0 Å². The highest BCUT2D eigenvalue weighted by atomic mass is 16.4. The van der Waals surface area contributed by atoms with Crippen LogP contribution in [0.25, 0.3) is 0 Å². The lowest BCUT2D eigenvalue weighted by Crippen LogP contribution is -2.04. The first-order valence-electron chi connectivity index (χ1n) is 5.44. The van der Waals surface area contributed by atoms with Gasteiger partial charge in [-0.25, -0.2) is 14.8 Å². The van der Waals surface area contributed by atoms with E-state index in [0.29, 0.717) is 5.69 Å². The van der Waals surface area contributed by atoms with Gasteiger partial charge >= 0.3 is 5.97 Å². The largest absolute Gasteiger partial charge is 0.477 e. The van der Waals surface area contributed by atoms with Gasteiger partial charge in [0.25, 0.3) is 0 Å². The van der Waals surface area contributed by atoms with Gasteiger partial charge in [-0.2, -0.15) is 5.10 Å². The Morgan fingerprint density at radius 1 is 1.50 bits per heavy atom. The number of aromatic carboxylic acids is 1. The molecule has 0 fully saturated rings. The van der Waals surface area contributed by atoms with Crippen LogP contribution in [0, 0.1) is 0 Å². The van der Waals surface area contributed by atoms with Crippen molar-refractivity contribution in [3.63, 3.8) is 0 Å². The fourth-order valence-electron chi connectivity index (χ4n) is 1.35. The molecule has 0 aliphatic heterocycles. The number of carboxylic acid groups (broad SMARTS) is 1. The van der Waals surface area contributed by atoms with Crippen LogP contribution in [0.15, 0.2) is 24.7 Å². The van der Waals surface area contributed by atoms with Gasteiger partial charge in [-0.3, -0.25) is 4.68 Å². The van der Waals surface area contributed by atoms with Crippen molar-refractivity contribution in [1.29, 1.82) is 0 Å². The highest BCUT2D eigenvalue weighted by Gasteiger charge is 2.07. The lowest BCUT2D eigenvalue weighted by molar-refractivity contribution is 0.0690. The highest BCUT2D eigenvalue weighted by molar-refractivity contribution is 5.85. The molecule has 0 saturated heterocycles. The Balaban J connectivity index is 2.17. The third-order valence-corrected chi connectivity index (χ3v) is 2.26. The molecule has 0 aliphatic carbocycles. The van der Waals surface area contributed by atoms with Gasteiger partial charge in [0, 0.05) is 18.4 Å². The maximum Gasteiger partial charge on any atom is 0.354 e. The predicted molar refractivity (Wildman–Crippen MR) is 64.9 cm³/mol. The van der Waals surface area contributed by atoms with E-state index in [9.17, 15) is 4.79 Å². The molecule has 0 radical (unpaired) electrons. The molecule has 0 spiro atoms. The Morgan fingerprint density at radius 2 is 2.28 bits per heavy atom. The summed E-state index contributed by atoms with van der Waals surface area (Å²) >= 11 is 0. The molecule has 2 heterocycles. The Labute approximate surface area is 104 Å². The number of carboxylic acids is 1. The molecule has 7 heteroatoms. The molecule has 94 valence electrons. The van der Waals surface area contributed by atoms with Gasteiger partial charge in [0.15, 0.2) is 5.69 Å². The summed E-state index contributed by atoms with van der Waals surface area (Å²) in [4.78, 5) is 18.6. The lowest BCUT2D eigenvalue weighted by atomic mass is 10.4. The van der Waals surface area contributed by atoms with Crippen molar-refractivity contribution in [1.82, 2.24) is 19.7 Å². The van der Waals surface area contributed by atoms with E-state index < -0.39 is 5.97 Å². The Morgan fingerprint density at radius 3 is 2.89 bits per heavy atom. The zero-order valence-electron chi connectivity index (χ0n) is 10.0. The molecule has 0 aliphatic rings. The first kappa shape index (κ1) is 12.0. The van der Waals surface area contributed by atoms with Crippen molar-refractivity contribution >= 4 is 17.6 Å². The van der Waals surface area contributed by atoms with Crippen LogP contribution in [0.4, 0.5) is 11.6 Å². The number of rotatable bonds is 4. The van der Waals surface area contributed by atoms with Gasteiger partial charge in [0.1, 0.15) is 0 Å². The van der Waals surface area contributed by atoms with E-state index >= 15 is 0 Å². The van der Waals surface area contributed by atoms with Gasteiger partial charge in [0.05, 0.1) is 11.9 Å². The SMILES string of the molecule is CC(C)n1cc(Nc2nccc(C(=O)O)n2)cn1. The van der Waals surface area contributed by atoms with Crippen LogP contribution in [0.5, 0.6) is 0 Å². The number of anilines is 2. The van der Waals surface area contributed by atoms with E-state index in [1.165, 1.54) is 12.3 Å². The second kappa shape index (κ2) is 4.82. The topological polar surface area (TPSA) is 92.9 Å². The average molecular weight is 247 g/mol. The molecule has 0 aromatic carbocycles. The minimum Gasteiger partial charge on any atom is -0.477 e. The molecular weight excluding hydrogens is 234 g/mol. The summed E-state index contributed by atoms with van der Waals surface area (Å²) in [6.45, 7) is 4.02. The third-order valence-electron chi connectivity index (χ3n) is 2.26. The second-order valence-electron chi connectivity index (χ2n) is 4.00. The third kappa shape index (κ3) is 2.62. The van der Waals surface area contributed by atoms with Gasteiger partial charge in [-0.1, -0.05) is 0 Å². The van der Waals surface area contributed by atoms with Gasteiger partial charge in [-0.05, 0) is 19.9 Å². The maximum atomic E-state index is 10.8. The molecule has 18 heavy (non-hydrogen) atoms. The number of nitrogens with zero attached hydrogens (tertiary/aromatic N) is 4. The summed E-state index contributed by atoms with van der Waals surface area (Å²) in [5.41, 5.74) is 0.662. The lowest BCUT2D eigenvalue weighted by Gasteiger charge is -2.04. The van der Waals surface area contributed by atoms with Gasteiger partial charge < -0.3 is 10.4 Å². The minimum absolute atomic E-state index is 0.0521. The van der Waals surface area contributed by atoms with Crippen molar-refractivity contribution in [2.75, 3.05) is 5.32 Å². The van der Waals surface area contributed by atoms with Crippen molar-refractivity contribution in [3.8, 4) is 0 Å². The van der Waals surface area contributed by atoms with Crippen LogP contribution in [0.1, 0.15) is 30.4 Å². The van der Waals surface area contributed by atoms with Crippen LogP contribution in [-0.4, -0.2) is 30.8 Å². The second-order valence-corrected chi connectivity index (χ2v) is 4.00. The monoisotopic (exact) mass is 247 g/mol. The number of carbonyl (C=O) groups is 1. The average Bonchev–Trinajstić information content (AvgIpc) is 2.78. The standard InChI is InChI=1S/C11H13N5O2/c1-7(2)16-6-8(5-13-16)14-11-12-4-3-9(15-11)10(17)18/h3-7H,1-2H3,(H,17,18)(H,12,14,15). The summed E-state index contributed by atoms with van der Waals surface area (Å²) in [6.07, 6.45) is 4.84. The van der Waals surface area contributed by atoms with Crippen molar-refractivity contribution < 1.29 is 9.90 Å². The molecule has 2 aromatic heterocycles. The summed E-state index contributed by atoms with van der Waals surface area (Å²) in [6, 6.07) is 1.59. The molecule has 7 nitrogen and oxygen atoms in total. The molecule has 0 unspecified atom stereocenters. The maximum absolute atomic E-state index is 10.8. The zero-order valence-corrected chi connectivity index (χ0v) is 10.0. The first-order chi connectivity index (χ1) is 8.56. The smallest absolute Gasteiger partial charge is 0.354 e. The molecular formula is C11H13N5O2. The predicted octanol–water partition coefficient (Wildman–Crippen LogP) is 1.70. The molecule has 2 aromatic rings. The van der Waals surface area contributed by atoms with Crippen LogP contribution in [0.2, 0.25) is 0 Å². The number of nitrogens with one attached hydrogen (secondary N) is 1. The van der Waals surface area contributed by atoms with Crippen LogP contribution in [0.3, 0.4) is 0 Å². The fourth-order valence-corrected chi connectivity index (χ4v) is 1.35. The van der Waals surface area contributed by atoms with Crippen molar-refractivity contribution in [3.05, 3.63) is 30.4 Å². The quantitative estimate of drug-likeness (QED) is 0.854. The van der Waals surface area contributed by atoms with Crippen molar-refractivity contribution in [2.24, 2.45) is 0 Å². The molecule has 0 atom stereocenters. The van der Waals surface area contributed by atoms with E-state index in [1.807, 2.05) is 20.0 Å². The summed E-state index contributed by atoms with van der Waals surface area (Å²) < 4.78 is 1.78. The summed E-state index contributed by atoms with van der Waals surface area (Å²) in [5, 5.41) is 15.9. The van der Waals surface area contributed by atoms with Crippen LogP contribution >= 0.6 is 0 Å². The van der Waals surface area contributed by atoms with E-state index in [0.717, 1.165) is 0 Å². The number of hydrogen-bond acceptors (Lipinski definition) is 5. The van der Waals surface area contributed by atoms with E-state index in [4.69, 9.17) is 5.11 Å². The van der Waals surface area contributed by atoms with E-state index in [-0.39, 0.29) is 17.7 Å². The number of hydrogen-bond donors (Lipinski definition) is 2. The van der Waals surface area contributed by atoms with Crippen LogP contribution in [-0.2, 0) is 0 Å². The highest BCUT2D eigenvalue weighted by Crippen LogP contribution is 2.14. The van der Waals surface area contributed by atoms with E-state index in [2.05, 4.69) is 20.4 Å². The molecule has 0 amide bonds. The Kier molecular flexibility index (Phi) is 3.22. The van der Waals surface area contributed by atoms with Crippen LogP contribution < -0.4 is 5.32 Å². The van der Waals surface area contributed by atoms with Crippen molar-refractivity contribution in [2.45, 2.75) is 19.9 Å². The normalized spacial score (nSPS) is 10.6. The minimum atomic E-state index is -1.08. The molecule has 2 N–H and O–H groups in total. The van der Waals surface area contributed by atoms with Gasteiger partial charge in [0.2, 0.25) is 5.95 Å². The van der Waals surface area contributed by atoms with E-state index in [1.54, 1.807) is 10.9 Å². The summed E-state index contributed by atoms with van der Waals surface area (Å²) in [7, 11) is 0. The Bertz CT molecular complexity index is 564. The Hall–Kier alpha value is -2.44. The summed E-state index contributed by atoms with van der Waals surface area (Å²) in [5.74, 6) is -0.850.